The molecule has 0 bridgehead atoms. The molecule has 1 spiro atoms. The first-order valence-corrected chi connectivity index (χ1v) is 7.78. The number of aliphatic hydroxyl groups excluding tert-OH is 1. The predicted molar refractivity (Wildman–Crippen MR) is 80.7 cm³/mol. The molecule has 1 aromatic carbocycles. The van der Waals surface area contributed by atoms with Gasteiger partial charge in [0.05, 0.1) is 25.5 Å². The summed E-state index contributed by atoms with van der Waals surface area (Å²) in [5.74, 6) is 0.137. The Hall–Kier alpha value is -1.93. The van der Waals surface area contributed by atoms with E-state index in [1.807, 2.05) is 0 Å². The Balaban J connectivity index is 1.77. The van der Waals surface area contributed by atoms with Crippen LogP contribution in [0.3, 0.4) is 0 Å². The predicted octanol–water partition coefficient (Wildman–Crippen LogP) is 2.33. The van der Waals surface area contributed by atoms with Gasteiger partial charge in [-0.2, -0.15) is 8.78 Å². The lowest BCUT2D eigenvalue weighted by molar-refractivity contribution is -0.0515. The molecule has 8 heteroatoms. The molecule has 2 aliphatic heterocycles. The molecule has 3 rings (SSSR count). The highest BCUT2D eigenvalue weighted by atomic mass is 19.3. The monoisotopic (exact) mass is 343 g/mol. The van der Waals surface area contributed by atoms with Crippen LogP contribution in [-0.2, 0) is 9.57 Å². The quantitative estimate of drug-likeness (QED) is 0.770. The second-order valence-electron chi connectivity index (χ2n) is 5.76. The van der Waals surface area contributed by atoms with Crippen molar-refractivity contribution in [1.29, 1.82) is 0 Å². The van der Waals surface area contributed by atoms with Crippen molar-refractivity contribution in [3.05, 3.63) is 23.8 Å². The van der Waals surface area contributed by atoms with Crippen molar-refractivity contribution in [3.8, 4) is 11.5 Å². The zero-order chi connectivity index (χ0) is 17.0. The molecular formula is C16H19F2NO5. The van der Waals surface area contributed by atoms with Crippen LogP contribution in [-0.4, -0.2) is 49.5 Å². The maximum absolute atomic E-state index is 12.5. The van der Waals surface area contributed by atoms with Gasteiger partial charge >= 0.3 is 6.61 Å². The fourth-order valence-corrected chi connectivity index (χ4v) is 2.72. The van der Waals surface area contributed by atoms with Crippen molar-refractivity contribution >= 4 is 5.71 Å². The highest BCUT2D eigenvalue weighted by Crippen LogP contribution is 2.36. The molecule has 1 N–H and O–H groups in total. The van der Waals surface area contributed by atoms with Crippen LogP contribution < -0.4 is 9.47 Å². The molecule has 0 radical (unpaired) electrons. The third kappa shape index (κ3) is 3.76. The largest absolute Gasteiger partial charge is 0.490 e. The highest BCUT2D eigenvalue weighted by Gasteiger charge is 2.43. The Morgan fingerprint density at radius 1 is 1.33 bits per heavy atom. The first-order chi connectivity index (χ1) is 11.6. The number of hydrogen-bond acceptors (Lipinski definition) is 6. The first kappa shape index (κ1) is 16.9. The number of oxime groups is 1. The number of halogens is 2. The molecule has 0 aromatic heterocycles. The van der Waals surface area contributed by atoms with E-state index in [-0.39, 0.29) is 24.7 Å². The summed E-state index contributed by atoms with van der Waals surface area (Å²) >= 11 is 0. The molecule has 0 amide bonds. The Labute approximate surface area is 137 Å². The van der Waals surface area contributed by atoms with Gasteiger partial charge in [0.25, 0.3) is 0 Å². The second kappa shape index (κ2) is 7.31. The van der Waals surface area contributed by atoms with Crippen LogP contribution in [0, 0.1) is 0 Å². The Kier molecular flexibility index (Phi) is 5.15. The van der Waals surface area contributed by atoms with Crippen LogP contribution in [0.1, 0.15) is 24.8 Å². The smallest absolute Gasteiger partial charge is 0.387 e. The van der Waals surface area contributed by atoms with Gasteiger partial charge in [-0.15, -0.1) is 0 Å². The topological polar surface area (TPSA) is 69.5 Å². The van der Waals surface area contributed by atoms with E-state index in [1.165, 1.54) is 6.07 Å². The highest BCUT2D eigenvalue weighted by molar-refractivity contribution is 6.02. The van der Waals surface area contributed by atoms with Crippen molar-refractivity contribution in [2.45, 2.75) is 31.5 Å². The van der Waals surface area contributed by atoms with E-state index in [0.29, 0.717) is 26.1 Å². The van der Waals surface area contributed by atoms with Crippen molar-refractivity contribution in [1.82, 2.24) is 0 Å². The van der Waals surface area contributed by atoms with Crippen molar-refractivity contribution in [3.63, 3.8) is 0 Å². The summed E-state index contributed by atoms with van der Waals surface area (Å²) in [6.45, 7) is -1.66. The lowest BCUT2D eigenvalue weighted by Crippen LogP contribution is -2.29. The normalized spacial score (nSPS) is 22.8. The molecule has 1 atom stereocenters. The standard InChI is InChI=1S/C16H19F2NO5/c17-15(18)23-13-3-2-11(8-14(13)22-6-1-5-20)12-9-16(24-19-12)4-7-21-10-16/h2-3,8,15,20H,1,4-7,9-10H2. The first-order valence-electron chi connectivity index (χ1n) is 7.78. The van der Waals surface area contributed by atoms with Gasteiger partial charge in [0.2, 0.25) is 0 Å². The van der Waals surface area contributed by atoms with Gasteiger partial charge in [0, 0.05) is 31.4 Å². The minimum atomic E-state index is -2.94. The lowest BCUT2D eigenvalue weighted by atomic mass is 9.93. The molecule has 2 aliphatic rings. The zero-order valence-electron chi connectivity index (χ0n) is 13.0. The molecule has 1 saturated heterocycles. The average Bonchev–Trinajstić information content (AvgIpc) is 3.19. The van der Waals surface area contributed by atoms with E-state index in [2.05, 4.69) is 9.89 Å². The number of alkyl halides is 2. The van der Waals surface area contributed by atoms with Gasteiger partial charge in [-0.1, -0.05) is 5.16 Å². The molecule has 0 saturated carbocycles. The Morgan fingerprint density at radius 2 is 2.21 bits per heavy atom. The van der Waals surface area contributed by atoms with E-state index >= 15 is 0 Å². The maximum atomic E-state index is 12.5. The van der Waals surface area contributed by atoms with Crippen LogP contribution in [0.4, 0.5) is 8.78 Å². The fourth-order valence-electron chi connectivity index (χ4n) is 2.72. The van der Waals surface area contributed by atoms with E-state index in [9.17, 15) is 8.78 Å². The van der Waals surface area contributed by atoms with Gasteiger partial charge in [-0.25, -0.2) is 0 Å². The van der Waals surface area contributed by atoms with Gasteiger partial charge in [-0.05, 0) is 18.2 Å². The summed E-state index contributed by atoms with van der Waals surface area (Å²) in [5.41, 5.74) is 1.03. The molecule has 2 heterocycles. The zero-order valence-corrected chi connectivity index (χ0v) is 13.0. The minimum Gasteiger partial charge on any atom is -0.490 e. The maximum Gasteiger partial charge on any atom is 0.387 e. The second-order valence-corrected chi connectivity index (χ2v) is 5.76. The third-order valence-electron chi connectivity index (χ3n) is 3.96. The molecular weight excluding hydrogens is 324 g/mol. The van der Waals surface area contributed by atoms with Crippen LogP contribution in [0.5, 0.6) is 11.5 Å². The summed E-state index contributed by atoms with van der Waals surface area (Å²) in [6.07, 6.45) is 1.76. The lowest BCUT2D eigenvalue weighted by Gasteiger charge is -2.17. The molecule has 1 fully saturated rings. The summed E-state index contributed by atoms with van der Waals surface area (Å²) in [7, 11) is 0. The molecule has 132 valence electrons. The summed E-state index contributed by atoms with van der Waals surface area (Å²) in [6, 6.07) is 4.67. The summed E-state index contributed by atoms with van der Waals surface area (Å²) in [4.78, 5) is 5.54. The number of nitrogens with zero attached hydrogens (tertiary/aromatic N) is 1. The minimum absolute atomic E-state index is 0.0478. The van der Waals surface area contributed by atoms with E-state index in [0.717, 1.165) is 17.7 Å². The van der Waals surface area contributed by atoms with Crippen molar-refractivity contribution in [2.24, 2.45) is 5.16 Å². The Bertz CT molecular complexity index is 602. The molecule has 0 aliphatic carbocycles. The Morgan fingerprint density at radius 3 is 2.92 bits per heavy atom. The molecule has 1 aromatic rings. The van der Waals surface area contributed by atoms with Crippen molar-refractivity contribution < 1.29 is 32.9 Å². The van der Waals surface area contributed by atoms with Gasteiger partial charge < -0.3 is 24.2 Å². The number of hydrogen-bond donors (Lipinski definition) is 1. The molecule has 6 nitrogen and oxygen atoms in total. The number of ether oxygens (including phenoxy) is 3. The number of rotatable bonds is 7. The number of benzene rings is 1. The summed E-state index contributed by atoms with van der Waals surface area (Å²) in [5, 5.41) is 12.9. The van der Waals surface area contributed by atoms with E-state index in [4.69, 9.17) is 19.4 Å². The van der Waals surface area contributed by atoms with Gasteiger partial charge in [0.1, 0.15) is 0 Å². The van der Waals surface area contributed by atoms with Crippen LogP contribution in [0.2, 0.25) is 0 Å². The SMILES string of the molecule is OCCCOc1cc(C2=NOC3(CCOC3)C2)ccc1OC(F)F. The van der Waals surface area contributed by atoms with Gasteiger partial charge in [0.15, 0.2) is 17.1 Å². The molecule has 24 heavy (non-hydrogen) atoms. The van der Waals surface area contributed by atoms with Crippen molar-refractivity contribution in [2.75, 3.05) is 26.4 Å². The van der Waals surface area contributed by atoms with Crippen LogP contribution in [0.15, 0.2) is 23.4 Å². The number of aliphatic hydroxyl groups is 1. The van der Waals surface area contributed by atoms with E-state index < -0.39 is 12.2 Å². The average molecular weight is 343 g/mol. The van der Waals surface area contributed by atoms with E-state index in [1.54, 1.807) is 12.1 Å². The fraction of sp³-hybridized carbons (Fsp3) is 0.562. The van der Waals surface area contributed by atoms with Crippen LogP contribution >= 0.6 is 0 Å². The van der Waals surface area contributed by atoms with Gasteiger partial charge in [-0.3, -0.25) is 0 Å². The summed E-state index contributed by atoms with van der Waals surface area (Å²) < 4.78 is 40.3. The molecule has 1 unspecified atom stereocenters. The van der Waals surface area contributed by atoms with Crippen LogP contribution in [0.25, 0.3) is 0 Å². The third-order valence-corrected chi connectivity index (χ3v) is 3.96.